The molecular weight excluding hydrogens is 218 g/mol. The van der Waals surface area contributed by atoms with Gasteiger partial charge in [0.1, 0.15) is 5.01 Å². The van der Waals surface area contributed by atoms with Crippen molar-refractivity contribution >= 4 is 11.3 Å². The molecule has 0 aromatic carbocycles. The number of nitrogens with one attached hydrogen (secondary N) is 1. The van der Waals surface area contributed by atoms with E-state index in [0.29, 0.717) is 0 Å². The summed E-state index contributed by atoms with van der Waals surface area (Å²) in [5.41, 5.74) is 1.14. The maximum Gasteiger partial charge on any atom is 0.107 e. The van der Waals surface area contributed by atoms with Crippen molar-refractivity contribution in [2.45, 2.75) is 26.8 Å². The highest BCUT2D eigenvalue weighted by Crippen LogP contribution is 2.15. The molecular formula is C12H21N3S. The third-order valence-corrected chi connectivity index (χ3v) is 4.16. The number of aryl methyl sites for hydroxylation is 1. The lowest BCUT2D eigenvalue weighted by Crippen LogP contribution is -2.26. The predicted octanol–water partition coefficient (Wildman–Crippen LogP) is 1.88. The zero-order chi connectivity index (χ0) is 11.4. The summed E-state index contributed by atoms with van der Waals surface area (Å²) < 4.78 is 0. The van der Waals surface area contributed by atoms with Crippen molar-refractivity contribution in [1.82, 2.24) is 15.2 Å². The molecule has 0 amide bonds. The van der Waals surface area contributed by atoms with Gasteiger partial charge in [0.05, 0.1) is 0 Å². The van der Waals surface area contributed by atoms with Gasteiger partial charge in [0, 0.05) is 24.2 Å². The fourth-order valence-electron chi connectivity index (χ4n) is 2.23. The Hall–Kier alpha value is -0.450. The zero-order valence-corrected chi connectivity index (χ0v) is 11.0. The summed E-state index contributed by atoms with van der Waals surface area (Å²) >= 11 is 1.75. The molecule has 1 aromatic rings. The Morgan fingerprint density at radius 1 is 1.62 bits per heavy atom. The van der Waals surface area contributed by atoms with E-state index in [9.17, 15) is 0 Å². The first-order valence-electron chi connectivity index (χ1n) is 6.12. The minimum atomic E-state index is 0.834. The highest BCUT2D eigenvalue weighted by Gasteiger charge is 2.20. The van der Waals surface area contributed by atoms with E-state index in [0.717, 1.165) is 24.7 Å². The van der Waals surface area contributed by atoms with Crippen LogP contribution in [0.15, 0.2) is 5.38 Å². The van der Waals surface area contributed by atoms with E-state index >= 15 is 0 Å². The smallest absolute Gasteiger partial charge is 0.107 e. The second-order valence-electron chi connectivity index (χ2n) is 4.56. The van der Waals surface area contributed by atoms with Gasteiger partial charge in [-0.05, 0) is 38.9 Å². The summed E-state index contributed by atoms with van der Waals surface area (Å²) in [4.78, 5) is 6.98. The Morgan fingerprint density at radius 3 is 3.12 bits per heavy atom. The quantitative estimate of drug-likeness (QED) is 0.850. The van der Waals surface area contributed by atoms with Crippen LogP contribution in [0, 0.1) is 12.8 Å². The summed E-state index contributed by atoms with van der Waals surface area (Å²) in [6, 6.07) is 0. The van der Waals surface area contributed by atoms with Gasteiger partial charge in [0.25, 0.3) is 0 Å². The van der Waals surface area contributed by atoms with Gasteiger partial charge in [-0.1, -0.05) is 6.92 Å². The molecule has 0 bridgehead atoms. The zero-order valence-electron chi connectivity index (χ0n) is 10.2. The molecule has 1 unspecified atom stereocenters. The van der Waals surface area contributed by atoms with Crippen molar-refractivity contribution in [1.29, 1.82) is 0 Å². The van der Waals surface area contributed by atoms with Crippen molar-refractivity contribution in [2.24, 2.45) is 5.92 Å². The molecule has 0 saturated carbocycles. The molecule has 90 valence electrons. The summed E-state index contributed by atoms with van der Waals surface area (Å²) in [7, 11) is 0. The molecule has 1 aliphatic rings. The Labute approximate surface area is 102 Å². The summed E-state index contributed by atoms with van der Waals surface area (Å²) in [6.45, 7) is 10.1. The molecule has 0 aliphatic carbocycles. The Morgan fingerprint density at radius 2 is 2.50 bits per heavy atom. The van der Waals surface area contributed by atoms with E-state index in [1.165, 1.54) is 31.1 Å². The number of nitrogens with zero attached hydrogens (tertiary/aromatic N) is 2. The number of thiazole rings is 1. The minimum Gasteiger partial charge on any atom is -0.310 e. The van der Waals surface area contributed by atoms with Crippen LogP contribution in [0.2, 0.25) is 0 Å². The maximum absolute atomic E-state index is 4.45. The number of likely N-dealkylation sites (tertiary alicyclic amines) is 1. The monoisotopic (exact) mass is 239 g/mol. The molecule has 2 rings (SSSR count). The van der Waals surface area contributed by atoms with Crippen molar-refractivity contribution in [3.63, 3.8) is 0 Å². The Kier molecular flexibility index (Phi) is 4.32. The topological polar surface area (TPSA) is 28.2 Å². The molecule has 2 heterocycles. The fourth-order valence-corrected chi connectivity index (χ4v) is 2.98. The summed E-state index contributed by atoms with van der Waals surface area (Å²) in [6.07, 6.45) is 1.34. The van der Waals surface area contributed by atoms with E-state index in [2.05, 4.69) is 34.4 Å². The van der Waals surface area contributed by atoms with Gasteiger partial charge in [-0.25, -0.2) is 4.98 Å². The fraction of sp³-hybridized carbons (Fsp3) is 0.750. The van der Waals surface area contributed by atoms with Crippen LogP contribution in [0.3, 0.4) is 0 Å². The summed E-state index contributed by atoms with van der Waals surface area (Å²) in [5.74, 6) is 0.834. The molecule has 1 N–H and O–H groups in total. The molecule has 0 spiro atoms. The molecule has 1 aromatic heterocycles. The third kappa shape index (κ3) is 3.27. The van der Waals surface area contributed by atoms with Crippen molar-refractivity contribution < 1.29 is 0 Å². The van der Waals surface area contributed by atoms with Gasteiger partial charge < -0.3 is 10.2 Å². The van der Waals surface area contributed by atoms with Gasteiger partial charge in [0.15, 0.2) is 0 Å². The van der Waals surface area contributed by atoms with E-state index in [1.807, 2.05) is 0 Å². The molecule has 4 heteroatoms. The van der Waals surface area contributed by atoms with Crippen LogP contribution in [0.5, 0.6) is 0 Å². The molecule has 1 saturated heterocycles. The first-order chi connectivity index (χ1) is 7.78. The van der Waals surface area contributed by atoms with Crippen molar-refractivity contribution in [2.75, 3.05) is 26.2 Å². The number of hydrogen-bond acceptors (Lipinski definition) is 4. The number of aromatic nitrogens is 1. The maximum atomic E-state index is 4.45. The van der Waals surface area contributed by atoms with Crippen LogP contribution in [0.25, 0.3) is 0 Å². The lowest BCUT2D eigenvalue weighted by Gasteiger charge is -2.13. The molecule has 3 nitrogen and oxygen atoms in total. The lowest BCUT2D eigenvalue weighted by molar-refractivity contribution is 0.339. The van der Waals surface area contributed by atoms with Crippen molar-refractivity contribution in [3.8, 4) is 0 Å². The summed E-state index contributed by atoms with van der Waals surface area (Å²) in [5, 5.41) is 6.85. The van der Waals surface area contributed by atoms with Crippen LogP contribution in [0.4, 0.5) is 0 Å². The van der Waals surface area contributed by atoms with Crippen LogP contribution in [0.1, 0.15) is 24.0 Å². The molecule has 16 heavy (non-hydrogen) atoms. The van der Waals surface area contributed by atoms with Gasteiger partial charge in [0.2, 0.25) is 0 Å². The van der Waals surface area contributed by atoms with Crippen LogP contribution >= 0.6 is 11.3 Å². The van der Waals surface area contributed by atoms with E-state index < -0.39 is 0 Å². The Bertz CT molecular complexity index is 324. The van der Waals surface area contributed by atoms with E-state index in [4.69, 9.17) is 0 Å². The molecule has 0 radical (unpaired) electrons. The molecule has 1 aliphatic heterocycles. The van der Waals surface area contributed by atoms with Crippen LogP contribution < -0.4 is 5.32 Å². The first kappa shape index (κ1) is 12.0. The van der Waals surface area contributed by atoms with E-state index in [1.54, 1.807) is 11.3 Å². The third-order valence-electron chi connectivity index (χ3n) is 3.19. The molecule has 1 fully saturated rings. The second kappa shape index (κ2) is 5.75. The van der Waals surface area contributed by atoms with Gasteiger partial charge in [-0.2, -0.15) is 0 Å². The second-order valence-corrected chi connectivity index (χ2v) is 5.50. The highest BCUT2D eigenvalue weighted by atomic mass is 32.1. The first-order valence-corrected chi connectivity index (χ1v) is 7.00. The minimum absolute atomic E-state index is 0.834. The highest BCUT2D eigenvalue weighted by molar-refractivity contribution is 7.09. The SMILES string of the molecule is CCN1CCC(CNCc2nc(C)cs2)C1. The van der Waals surface area contributed by atoms with Gasteiger partial charge in [-0.3, -0.25) is 0 Å². The largest absolute Gasteiger partial charge is 0.310 e. The van der Waals surface area contributed by atoms with Crippen LogP contribution in [-0.4, -0.2) is 36.1 Å². The van der Waals surface area contributed by atoms with Crippen molar-refractivity contribution in [3.05, 3.63) is 16.1 Å². The normalized spacial score (nSPS) is 21.8. The predicted molar refractivity (Wildman–Crippen MR) is 68.8 cm³/mol. The average molecular weight is 239 g/mol. The standard InChI is InChI=1S/C12H21N3S/c1-3-15-5-4-11(8-15)6-13-7-12-14-10(2)9-16-12/h9,11,13H,3-8H2,1-2H3. The van der Waals surface area contributed by atoms with Crippen LogP contribution in [-0.2, 0) is 6.54 Å². The number of rotatable bonds is 5. The molecule has 1 atom stereocenters. The lowest BCUT2D eigenvalue weighted by atomic mass is 10.1. The Balaban J connectivity index is 1.65. The van der Waals surface area contributed by atoms with E-state index in [-0.39, 0.29) is 0 Å². The average Bonchev–Trinajstić information content (AvgIpc) is 2.88. The van der Waals surface area contributed by atoms with Gasteiger partial charge >= 0.3 is 0 Å². The number of hydrogen-bond donors (Lipinski definition) is 1. The van der Waals surface area contributed by atoms with Gasteiger partial charge in [-0.15, -0.1) is 11.3 Å².